The molecule has 0 N–H and O–H groups in total. The van der Waals surface area contributed by atoms with Crippen molar-refractivity contribution in [3.8, 4) is 0 Å². The maximum Gasteiger partial charge on any atom is 0.0139 e. The van der Waals surface area contributed by atoms with Gasteiger partial charge in [-0.15, -0.1) is 0 Å². The summed E-state index contributed by atoms with van der Waals surface area (Å²) in [4.78, 5) is 0. The monoisotopic (exact) mass is 162 g/mol. The van der Waals surface area contributed by atoms with Crippen LogP contribution in [0.1, 0.15) is 20.3 Å². The van der Waals surface area contributed by atoms with Gasteiger partial charge in [0.15, 0.2) is 0 Å². The summed E-state index contributed by atoms with van der Waals surface area (Å²) in [5, 5.41) is 0. The third-order valence-corrected chi connectivity index (χ3v) is 4.10. The van der Waals surface area contributed by atoms with Gasteiger partial charge < -0.3 is 0 Å². The molecular weight excluding hydrogens is 148 g/mol. The summed E-state index contributed by atoms with van der Waals surface area (Å²) in [6.45, 7) is 4.65. The third kappa shape index (κ3) is 1.58. The minimum Gasteiger partial charge on any atom is -0.179 e. The molecule has 1 aliphatic heterocycles. The molecule has 0 aromatic heterocycles. The summed E-state index contributed by atoms with van der Waals surface area (Å²) in [7, 11) is 0. The zero-order valence-corrected chi connectivity index (χ0v) is 7.77. The first-order chi connectivity index (χ1) is 4.17. The first kappa shape index (κ1) is 7.80. The van der Waals surface area contributed by atoms with Crippen LogP contribution < -0.4 is 0 Å². The van der Waals surface area contributed by atoms with Gasteiger partial charge in [-0.05, 0) is 23.8 Å². The highest BCUT2D eigenvalue weighted by molar-refractivity contribution is 8.00. The van der Waals surface area contributed by atoms with Crippen molar-refractivity contribution in [2.24, 2.45) is 5.92 Å². The predicted molar refractivity (Wildman–Crippen MR) is 48.5 cm³/mol. The molecule has 0 nitrogen and oxygen atoms in total. The summed E-state index contributed by atoms with van der Waals surface area (Å²) < 4.78 is 0.502. The molecule has 0 bridgehead atoms. The molecule has 0 spiro atoms. The van der Waals surface area contributed by atoms with Crippen molar-refractivity contribution in [2.45, 2.75) is 25.0 Å². The number of hydrogen-bond acceptors (Lipinski definition) is 2. The van der Waals surface area contributed by atoms with Crippen LogP contribution in [0.5, 0.6) is 0 Å². The maximum absolute atomic E-state index is 4.32. The maximum atomic E-state index is 4.32. The number of rotatable bonds is 1. The van der Waals surface area contributed by atoms with Gasteiger partial charge in [0.2, 0.25) is 0 Å². The molecule has 0 radical (unpaired) electrons. The molecule has 1 aliphatic rings. The zero-order chi connectivity index (χ0) is 6.91. The molecule has 9 heavy (non-hydrogen) atoms. The molecule has 0 amide bonds. The van der Waals surface area contributed by atoms with Crippen molar-refractivity contribution in [1.82, 2.24) is 0 Å². The van der Waals surface area contributed by atoms with Gasteiger partial charge in [0, 0.05) is 4.75 Å². The van der Waals surface area contributed by atoms with E-state index in [9.17, 15) is 0 Å². The topological polar surface area (TPSA) is 0 Å². The Hall–Kier alpha value is 0.700. The second-order valence-corrected chi connectivity index (χ2v) is 5.23. The number of thioether (sulfide) groups is 1. The van der Waals surface area contributed by atoms with E-state index in [1.807, 2.05) is 0 Å². The van der Waals surface area contributed by atoms with Crippen LogP contribution in [0, 0.1) is 5.92 Å². The molecule has 0 aromatic rings. The summed E-state index contributed by atoms with van der Waals surface area (Å²) in [6, 6.07) is 0. The molecular formula is C7H14S2. The normalized spacial score (nSPS) is 33.0. The molecule has 1 heterocycles. The predicted octanol–water partition coefficient (Wildman–Crippen LogP) is 2.45. The van der Waals surface area contributed by atoms with Gasteiger partial charge in [0.25, 0.3) is 0 Å². The van der Waals surface area contributed by atoms with Crippen LogP contribution in [0.25, 0.3) is 0 Å². The molecule has 1 atom stereocenters. The fourth-order valence-electron chi connectivity index (χ4n) is 1.24. The van der Waals surface area contributed by atoms with Gasteiger partial charge in [0.05, 0.1) is 0 Å². The van der Waals surface area contributed by atoms with Gasteiger partial charge >= 0.3 is 0 Å². The fourth-order valence-corrected chi connectivity index (χ4v) is 3.37. The molecule has 54 valence electrons. The Balaban J connectivity index is 2.52. The average molecular weight is 162 g/mol. The molecule has 2 heteroatoms. The van der Waals surface area contributed by atoms with E-state index in [0.29, 0.717) is 4.75 Å². The molecule has 1 unspecified atom stereocenters. The standard InChI is InChI=1S/C7H14S2/c1-7(2)6(5-8)3-4-9-7/h6,8H,3-5H2,1-2H3. The lowest BCUT2D eigenvalue weighted by Gasteiger charge is -2.23. The summed E-state index contributed by atoms with van der Waals surface area (Å²) in [5.74, 6) is 3.23. The van der Waals surface area contributed by atoms with E-state index in [0.717, 1.165) is 11.7 Å². The van der Waals surface area contributed by atoms with Gasteiger partial charge in [-0.3, -0.25) is 0 Å². The lowest BCUT2D eigenvalue weighted by atomic mass is 9.95. The SMILES string of the molecule is CC1(C)SCCC1CS. The quantitative estimate of drug-likeness (QED) is 0.578. The smallest absolute Gasteiger partial charge is 0.0139 e. The highest BCUT2D eigenvalue weighted by atomic mass is 32.2. The van der Waals surface area contributed by atoms with Crippen LogP contribution in [0.3, 0.4) is 0 Å². The largest absolute Gasteiger partial charge is 0.179 e. The second-order valence-electron chi connectivity index (χ2n) is 3.12. The van der Waals surface area contributed by atoms with Gasteiger partial charge in [0.1, 0.15) is 0 Å². The molecule has 0 aromatic carbocycles. The minimum atomic E-state index is 0.502. The van der Waals surface area contributed by atoms with Crippen LogP contribution in [-0.2, 0) is 0 Å². The molecule has 1 rings (SSSR count). The third-order valence-electron chi connectivity index (χ3n) is 2.14. The van der Waals surface area contributed by atoms with Crippen molar-refractivity contribution < 1.29 is 0 Å². The van der Waals surface area contributed by atoms with Crippen LogP contribution in [0.15, 0.2) is 0 Å². The van der Waals surface area contributed by atoms with Crippen molar-refractivity contribution >= 4 is 24.4 Å². The van der Waals surface area contributed by atoms with Crippen LogP contribution >= 0.6 is 24.4 Å². The van der Waals surface area contributed by atoms with Crippen LogP contribution in [-0.4, -0.2) is 16.3 Å². The summed E-state index contributed by atoms with van der Waals surface area (Å²) in [5.41, 5.74) is 0. The lowest BCUT2D eigenvalue weighted by molar-refractivity contribution is 0.486. The van der Waals surface area contributed by atoms with Crippen molar-refractivity contribution in [3.63, 3.8) is 0 Å². The van der Waals surface area contributed by atoms with E-state index in [4.69, 9.17) is 0 Å². The second kappa shape index (κ2) is 2.75. The zero-order valence-electron chi connectivity index (χ0n) is 6.05. The van der Waals surface area contributed by atoms with E-state index in [1.165, 1.54) is 12.2 Å². The fraction of sp³-hybridized carbons (Fsp3) is 1.00. The first-order valence-corrected chi connectivity index (χ1v) is 5.03. The van der Waals surface area contributed by atoms with Gasteiger partial charge in [-0.25, -0.2) is 0 Å². The van der Waals surface area contributed by atoms with Crippen LogP contribution in [0.4, 0.5) is 0 Å². The van der Waals surface area contributed by atoms with Crippen molar-refractivity contribution in [3.05, 3.63) is 0 Å². The highest BCUT2D eigenvalue weighted by Crippen LogP contribution is 2.42. The van der Waals surface area contributed by atoms with E-state index in [2.05, 4.69) is 38.2 Å². The average Bonchev–Trinajstić information content (AvgIpc) is 2.08. The summed E-state index contributed by atoms with van der Waals surface area (Å²) >= 11 is 6.40. The first-order valence-electron chi connectivity index (χ1n) is 3.41. The Kier molecular flexibility index (Phi) is 2.38. The lowest BCUT2D eigenvalue weighted by Crippen LogP contribution is -2.22. The van der Waals surface area contributed by atoms with Gasteiger partial charge in [-0.1, -0.05) is 13.8 Å². The molecule has 0 saturated carbocycles. The Morgan fingerprint density at radius 2 is 2.33 bits per heavy atom. The van der Waals surface area contributed by atoms with Crippen molar-refractivity contribution in [1.29, 1.82) is 0 Å². The Labute approximate surface area is 67.2 Å². The number of hydrogen-bond donors (Lipinski definition) is 1. The minimum absolute atomic E-state index is 0.502. The van der Waals surface area contributed by atoms with E-state index in [-0.39, 0.29) is 0 Å². The summed E-state index contributed by atoms with van der Waals surface area (Å²) in [6.07, 6.45) is 1.36. The Morgan fingerprint density at radius 1 is 1.67 bits per heavy atom. The van der Waals surface area contributed by atoms with Gasteiger partial charge in [-0.2, -0.15) is 24.4 Å². The Morgan fingerprint density at radius 3 is 2.56 bits per heavy atom. The molecule has 1 fully saturated rings. The molecule has 0 aliphatic carbocycles. The van der Waals surface area contributed by atoms with Crippen molar-refractivity contribution in [2.75, 3.05) is 11.5 Å². The molecule has 1 saturated heterocycles. The van der Waals surface area contributed by atoms with Crippen LogP contribution in [0.2, 0.25) is 0 Å². The highest BCUT2D eigenvalue weighted by Gasteiger charge is 2.33. The van der Waals surface area contributed by atoms with E-state index in [1.54, 1.807) is 0 Å². The Bertz CT molecular complexity index is 99.1. The van der Waals surface area contributed by atoms with E-state index >= 15 is 0 Å². The van der Waals surface area contributed by atoms with E-state index < -0.39 is 0 Å². The number of thiol groups is 1.